The first-order valence-electron chi connectivity index (χ1n) is 10.8. The second kappa shape index (κ2) is 10.1. The van der Waals surface area contributed by atoms with Gasteiger partial charge in [0.1, 0.15) is 17.6 Å². The molecule has 0 aliphatic carbocycles. The van der Waals surface area contributed by atoms with Crippen LogP contribution in [0.25, 0.3) is 0 Å². The first-order chi connectivity index (χ1) is 16.7. The molecule has 2 saturated heterocycles. The highest BCUT2D eigenvalue weighted by Gasteiger charge is 2.34. The molecule has 0 unspecified atom stereocenters. The number of H-pyrrole nitrogens is 1. The quantitative estimate of drug-likeness (QED) is 0.543. The molecule has 3 amide bonds. The number of aromatic nitrogens is 3. The normalized spacial score (nSPS) is 18.4. The number of rotatable bonds is 6. The number of cyclic esters (lactones) is 1. The maximum Gasteiger partial charge on any atom is 0.414 e. The number of urea groups is 1. The number of nitrogens with zero attached hydrogens (tertiary/aromatic N) is 5. The average Bonchev–Trinajstić information content (AvgIpc) is 3.28. The first kappa shape index (κ1) is 24.1. The molecule has 0 radical (unpaired) electrons. The Hall–Kier alpha value is -4.01. The molecule has 0 saturated carbocycles. The number of carbonyl (C=O) groups is 3. The van der Waals surface area contributed by atoms with Gasteiger partial charge in [-0.15, -0.1) is 5.10 Å². The third-order valence-electron chi connectivity index (χ3n) is 5.45. The highest BCUT2D eigenvalue weighted by atomic mass is 19.1. The Morgan fingerprint density at radius 2 is 2.00 bits per heavy atom. The van der Waals surface area contributed by atoms with E-state index in [1.54, 1.807) is 0 Å². The fourth-order valence-electron chi connectivity index (χ4n) is 3.78. The van der Waals surface area contributed by atoms with E-state index in [0.29, 0.717) is 6.42 Å². The van der Waals surface area contributed by atoms with Crippen molar-refractivity contribution >= 4 is 41.2 Å². The van der Waals surface area contributed by atoms with Gasteiger partial charge in [-0.25, -0.2) is 28.5 Å². The number of hydrogen-bond donors (Lipinski definition) is 3. The summed E-state index contributed by atoms with van der Waals surface area (Å²) in [5, 5.41) is 9.46. The molecule has 4 N–H and O–H groups in total. The molecule has 4 rings (SSSR count). The van der Waals surface area contributed by atoms with Crippen LogP contribution in [0.3, 0.4) is 0 Å². The van der Waals surface area contributed by atoms with Gasteiger partial charge in [-0.1, -0.05) is 0 Å². The monoisotopic (exact) mass is 494 g/mol. The minimum Gasteiger partial charge on any atom is -0.444 e. The molecule has 3 heterocycles. The zero-order valence-electron chi connectivity index (χ0n) is 18.8. The van der Waals surface area contributed by atoms with E-state index in [1.165, 1.54) is 11.8 Å². The zero-order valence-corrected chi connectivity index (χ0v) is 18.8. The minimum absolute atomic E-state index is 0.0110. The van der Waals surface area contributed by atoms with Crippen molar-refractivity contribution in [1.29, 1.82) is 0 Å². The molecule has 2 aliphatic heterocycles. The largest absolute Gasteiger partial charge is 0.444 e. The van der Waals surface area contributed by atoms with Crippen LogP contribution in [-0.4, -0.2) is 77.0 Å². The lowest BCUT2D eigenvalue weighted by Gasteiger charge is -2.24. The van der Waals surface area contributed by atoms with E-state index in [2.05, 4.69) is 20.5 Å². The molecule has 1 aromatic carbocycles. The number of amides is 3. The van der Waals surface area contributed by atoms with Crippen molar-refractivity contribution in [1.82, 2.24) is 20.2 Å². The van der Waals surface area contributed by atoms with Crippen molar-refractivity contribution in [3.63, 3.8) is 0 Å². The smallest absolute Gasteiger partial charge is 0.414 e. The molecule has 15 heteroatoms. The van der Waals surface area contributed by atoms with Crippen molar-refractivity contribution in [2.45, 2.75) is 25.9 Å². The standard InChI is InChI=1S/C20H24F2N8O5/c1-11(31)2-3-13-10-29(20(33)35-13)12-8-14(21)16(15(22)9-12)28-4-5-30(34-7-6-28)19(32)25-18-24-17(23)26-27-18/h8-9,13H,2-7,10H2,1H3,(H4,23,24,25,26,27,32)/t13-/m0/s1. The maximum absolute atomic E-state index is 15.0. The van der Waals surface area contributed by atoms with Gasteiger partial charge < -0.3 is 20.2 Å². The molecule has 2 aromatic rings. The van der Waals surface area contributed by atoms with E-state index in [4.69, 9.17) is 15.3 Å². The predicted molar refractivity (Wildman–Crippen MR) is 119 cm³/mol. The molecular formula is C20H24F2N8O5. The summed E-state index contributed by atoms with van der Waals surface area (Å²) in [5.74, 6) is -1.83. The number of hydrogen-bond acceptors (Lipinski definition) is 9. The van der Waals surface area contributed by atoms with Crippen LogP contribution in [0.2, 0.25) is 0 Å². The van der Waals surface area contributed by atoms with Gasteiger partial charge in [0.15, 0.2) is 11.6 Å². The number of nitrogen functional groups attached to an aromatic ring is 1. The van der Waals surface area contributed by atoms with Crippen LogP contribution in [0, 0.1) is 11.6 Å². The number of nitrogens with one attached hydrogen (secondary N) is 2. The molecule has 0 bridgehead atoms. The van der Waals surface area contributed by atoms with Gasteiger partial charge >= 0.3 is 12.1 Å². The number of hydroxylamine groups is 2. The third-order valence-corrected chi connectivity index (χ3v) is 5.45. The molecule has 0 spiro atoms. The minimum atomic E-state index is -0.880. The lowest BCUT2D eigenvalue weighted by molar-refractivity contribution is -0.117. The number of halogens is 2. The molecular weight excluding hydrogens is 470 g/mol. The highest BCUT2D eigenvalue weighted by molar-refractivity contribution is 5.90. The van der Waals surface area contributed by atoms with Crippen molar-refractivity contribution in [2.24, 2.45) is 0 Å². The summed E-state index contributed by atoms with van der Waals surface area (Å²) in [4.78, 5) is 47.4. The van der Waals surface area contributed by atoms with Crippen LogP contribution in [0.5, 0.6) is 0 Å². The summed E-state index contributed by atoms with van der Waals surface area (Å²) >= 11 is 0. The number of carbonyl (C=O) groups excluding carboxylic acids is 3. The van der Waals surface area contributed by atoms with Gasteiger partial charge in [-0.2, -0.15) is 4.98 Å². The number of ether oxygens (including phenoxy) is 1. The number of nitrogens with two attached hydrogens (primary N) is 1. The van der Waals surface area contributed by atoms with Crippen molar-refractivity contribution in [2.75, 3.05) is 53.6 Å². The highest BCUT2D eigenvalue weighted by Crippen LogP contribution is 2.32. The number of benzene rings is 1. The maximum atomic E-state index is 15.0. The van der Waals surface area contributed by atoms with E-state index in [1.807, 2.05) is 0 Å². The molecule has 2 aliphatic rings. The Morgan fingerprint density at radius 1 is 1.26 bits per heavy atom. The Morgan fingerprint density at radius 3 is 2.66 bits per heavy atom. The zero-order chi connectivity index (χ0) is 25.1. The van der Waals surface area contributed by atoms with E-state index in [-0.39, 0.29) is 68.3 Å². The van der Waals surface area contributed by atoms with E-state index >= 15 is 8.78 Å². The SMILES string of the molecule is CC(=O)CC[C@H]1CN(c2cc(F)c(N3CCON(C(=O)Nc4n[nH]c(N)n4)CC3)c(F)c2)C(=O)O1. The van der Waals surface area contributed by atoms with Gasteiger partial charge in [0.05, 0.1) is 25.4 Å². The number of ketones is 1. The fourth-order valence-corrected chi connectivity index (χ4v) is 3.78. The second-order valence-electron chi connectivity index (χ2n) is 8.01. The number of anilines is 4. The van der Waals surface area contributed by atoms with Gasteiger partial charge in [0.2, 0.25) is 5.95 Å². The van der Waals surface area contributed by atoms with Crippen LogP contribution >= 0.6 is 0 Å². The average molecular weight is 494 g/mol. The summed E-state index contributed by atoms with van der Waals surface area (Å²) in [5.41, 5.74) is 5.12. The summed E-state index contributed by atoms with van der Waals surface area (Å²) in [6, 6.07) is 1.43. The molecule has 1 atom stereocenters. The van der Waals surface area contributed by atoms with E-state index in [0.717, 1.165) is 22.1 Å². The Balaban J connectivity index is 1.41. The van der Waals surface area contributed by atoms with Gasteiger partial charge in [0, 0.05) is 31.6 Å². The Kier molecular flexibility index (Phi) is 6.95. The second-order valence-corrected chi connectivity index (χ2v) is 8.01. The van der Waals surface area contributed by atoms with Crippen LogP contribution < -0.4 is 20.9 Å². The molecule has 13 nitrogen and oxygen atoms in total. The number of aromatic amines is 1. The van der Waals surface area contributed by atoms with Crippen LogP contribution in [0.15, 0.2) is 12.1 Å². The van der Waals surface area contributed by atoms with E-state index in [9.17, 15) is 14.4 Å². The van der Waals surface area contributed by atoms with E-state index < -0.39 is 29.9 Å². The van der Waals surface area contributed by atoms with Gasteiger partial charge in [-0.05, 0) is 13.3 Å². The van der Waals surface area contributed by atoms with Crippen LogP contribution in [0.1, 0.15) is 19.8 Å². The Labute approximate surface area is 198 Å². The van der Waals surface area contributed by atoms with Gasteiger partial charge in [-0.3, -0.25) is 15.1 Å². The third kappa shape index (κ3) is 5.56. The van der Waals surface area contributed by atoms with Crippen molar-refractivity contribution < 1.29 is 32.7 Å². The number of Topliss-reactive ketones (excluding diaryl/α,β-unsaturated/α-hetero) is 1. The Bertz CT molecular complexity index is 1110. The lowest BCUT2D eigenvalue weighted by Crippen LogP contribution is -2.37. The van der Waals surface area contributed by atoms with Crippen LogP contribution in [0.4, 0.5) is 41.6 Å². The summed E-state index contributed by atoms with van der Waals surface area (Å²) in [6.45, 7) is 1.65. The summed E-state index contributed by atoms with van der Waals surface area (Å²) < 4.78 is 35.3. The summed E-state index contributed by atoms with van der Waals surface area (Å²) in [7, 11) is 0. The molecule has 1 aromatic heterocycles. The molecule has 188 valence electrons. The van der Waals surface area contributed by atoms with Crippen molar-refractivity contribution in [3.05, 3.63) is 23.8 Å². The summed E-state index contributed by atoms with van der Waals surface area (Å²) in [6.07, 6.45) is -0.693. The molecule has 35 heavy (non-hydrogen) atoms. The predicted octanol–water partition coefficient (Wildman–Crippen LogP) is 1.65. The van der Waals surface area contributed by atoms with Gasteiger partial charge in [0.25, 0.3) is 5.95 Å². The topological polar surface area (TPSA) is 159 Å². The first-order valence-corrected chi connectivity index (χ1v) is 10.8. The lowest BCUT2D eigenvalue weighted by atomic mass is 10.1. The fraction of sp³-hybridized carbons (Fsp3) is 0.450. The van der Waals surface area contributed by atoms with Crippen molar-refractivity contribution in [3.8, 4) is 0 Å². The molecule has 2 fully saturated rings. The van der Waals surface area contributed by atoms with Crippen LogP contribution in [-0.2, 0) is 14.4 Å².